The predicted molar refractivity (Wildman–Crippen MR) is 88.4 cm³/mol. The molecule has 0 bridgehead atoms. The zero-order valence-corrected chi connectivity index (χ0v) is 13.5. The molecule has 0 aromatic carbocycles. The highest BCUT2D eigenvalue weighted by Crippen LogP contribution is 2.09. The average Bonchev–Trinajstić information content (AvgIpc) is 2.58. The number of nitrogens with zero attached hydrogens (tertiary/aromatic N) is 3. The second-order valence-corrected chi connectivity index (χ2v) is 5.16. The van der Waals surface area contributed by atoms with Gasteiger partial charge in [0.25, 0.3) is 0 Å². The molecule has 7 nitrogen and oxygen atoms in total. The second-order valence-electron chi connectivity index (χ2n) is 5.16. The van der Waals surface area contributed by atoms with E-state index >= 15 is 0 Å². The third-order valence-corrected chi connectivity index (χ3v) is 3.18. The molecule has 0 radical (unpaired) electrons. The van der Waals surface area contributed by atoms with Crippen molar-refractivity contribution < 1.29 is 9.53 Å². The molecule has 2 N–H and O–H groups in total. The van der Waals surface area contributed by atoms with Crippen LogP contribution in [0.4, 0.5) is 10.6 Å². The number of hydrogen-bond acceptors (Lipinski definition) is 5. The van der Waals surface area contributed by atoms with E-state index in [2.05, 4.69) is 20.6 Å². The summed E-state index contributed by atoms with van der Waals surface area (Å²) in [5.41, 5.74) is 1.91. The van der Waals surface area contributed by atoms with Crippen molar-refractivity contribution in [3.63, 3.8) is 0 Å². The number of hydrogen-bond donors (Lipinski definition) is 2. The molecule has 0 saturated heterocycles. The fourth-order valence-corrected chi connectivity index (χ4v) is 1.91. The summed E-state index contributed by atoms with van der Waals surface area (Å²) in [5, 5.41) is 5.62. The highest BCUT2D eigenvalue weighted by Gasteiger charge is 2.04. The van der Waals surface area contributed by atoms with Crippen LogP contribution in [0.2, 0.25) is 0 Å². The second kappa shape index (κ2) is 7.98. The van der Waals surface area contributed by atoms with Crippen LogP contribution in [0.25, 0.3) is 0 Å². The topological polar surface area (TPSA) is 79.4 Å². The number of amides is 2. The lowest BCUT2D eigenvalue weighted by Crippen LogP contribution is -2.34. The lowest BCUT2D eigenvalue weighted by molar-refractivity contribution is 0.240. The van der Waals surface area contributed by atoms with Crippen molar-refractivity contribution in [1.82, 2.24) is 20.6 Å². The molecule has 2 aromatic heterocycles. The first-order valence-electron chi connectivity index (χ1n) is 7.21. The van der Waals surface area contributed by atoms with Crippen LogP contribution in [0.5, 0.6) is 5.88 Å². The smallest absolute Gasteiger partial charge is 0.315 e. The Hall–Kier alpha value is -2.83. The van der Waals surface area contributed by atoms with E-state index in [0.717, 1.165) is 16.9 Å². The first-order chi connectivity index (χ1) is 11.1. The Morgan fingerprint density at radius 1 is 1.09 bits per heavy atom. The van der Waals surface area contributed by atoms with Crippen LogP contribution in [0, 0.1) is 0 Å². The van der Waals surface area contributed by atoms with Gasteiger partial charge in [0.1, 0.15) is 5.82 Å². The maximum absolute atomic E-state index is 11.9. The quantitative estimate of drug-likeness (QED) is 0.845. The Kier molecular flexibility index (Phi) is 5.74. The lowest BCUT2D eigenvalue weighted by atomic mass is 10.2. The van der Waals surface area contributed by atoms with Crippen LogP contribution in [0.1, 0.15) is 11.1 Å². The molecule has 2 amide bonds. The van der Waals surface area contributed by atoms with E-state index in [9.17, 15) is 4.79 Å². The predicted octanol–water partition coefficient (Wildman–Crippen LogP) is 1.55. The van der Waals surface area contributed by atoms with Crippen LogP contribution in [-0.4, -0.2) is 37.2 Å². The van der Waals surface area contributed by atoms with E-state index in [1.165, 1.54) is 0 Å². The Morgan fingerprint density at radius 3 is 2.30 bits per heavy atom. The molecule has 0 aliphatic rings. The SMILES string of the molecule is COc1cc(CNC(=O)NCc2ccnc(N(C)C)c2)ccn1. The van der Waals surface area contributed by atoms with Crippen LogP contribution in [-0.2, 0) is 13.1 Å². The van der Waals surface area contributed by atoms with Gasteiger partial charge in [-0.25, -0.2) is 14.8 Å². The van der Waals surface area contributed by atoms with Crippen molar-refractivity contribution in [2.45, 2.75) is 13.1 Å². The molecule has 0 atom stereocenters. The summed E-state index contributed by atoms with van der Waals surface area (Å²) in [6.45, 7) is 0.846. The average molecular weight is 315 g/mol. The molecule has 2 rings (SSSR count). The Morgan fingerprint density at radius 2 is 1.70 bits per heavy atom. The van der Waals surface area contributed by atoms with Gasteiger partial charge in [-0.1, -0.05) is 0 Å². The molecular formula is C16H21N5O2. The molecule has 122 valence electrons. The third-order valence-electron chi connectivity index (χ3n) is 3.18. The number of anilines is 1. The molecule has 0 spiro atoms. The maximum Gasteiger partial charge on any atom is 0.315 e. The zero-order valence-electron chi connectivity index (χ0n) is 13.5. The number of carbonyl (C=O) groups excluding carboxylic acids is 1. The Labute approximate surface area is 135 Å². The molecule has 0 fully saturated rings. The Bertz CT molecular complexity index is 660. The zero-order chi connectivity index (χ0) is 16.7. The Balaban J connectivity index is 1.82. The molecule has 7 heteroatoms. The molecule has 2 heterocycles. The summed E-state index contributed by atoms with van der Waals surface area (Å²) in [5.74, 6) is 1.38. The largest absolute Gasteiger partial charge is 0.481 e. The number of ether oxygens (including phenoxy) is 1. The molecule has 0 unspecified atom stereocenters. The summed E-state index contributed by atoms with van der Waals surface area (Å²) < 4.78 is 5.05. The minimum absolute atomic E-state index is 0.232. The molecule has 23 heavy (non-hydrogen) atoms. The van der Waals surface area contributed by atoms with Crippen molar-refractivity contribution >= 4 is 11.8 Å². The lowest BCUT2D eigenvalue weighted by Gasteiger charge is -2.13. The van der Waals surface area contributed by atoms with Crippen molar-refractivity contribution in [3.8, 4) is 5.88 Å². The van der Waals surface area contributed by atoms with E-state index < -0.39 is 0 Å². The summed E-state index contributed by atoms with van der Waals surface area (Å²) in [4.78, 5) is 22.0. The van der Waals surface area contributed by atoms with Gasteiger partial charge in [0, 0.05) is 45.6 Å². The van der Waals surface area contributed by atoms with Crippen molar-refractivity contribution in [2.24, 2.45) is 0 Å². The van der Waals surface area contributed by atoms with Crippen LogP contribution >= 0.6 is 0 Å². The van der Waals surface area contributed by atoms with E-state index in [1.54, 1.807) is 25.6 Å². The van der Waals surface area contributed by atoms with Crippen LogP contribution in [0.3, 0.4) is 0 Å². The molecule has 0 saturated carbocycles. The van der Waals surface area contributed by atoms with Crippen molar-refractivity contribution in [1.29, 1.82) is 0 Å². The molecule has 2 aromatic rings. The van der Waals surface area contributed by atoms with E-state index in [0.29, 0.717) is 19.0 Å². The van der Waals surface area contributed by atoms with Gasteiger partial charge in [0.15, 0.2) is 0 Å². The summed E-state index contributed by atoms with van der Waals surface area (Å²) in [6, 6.07) is 7.19. The fraction of sp³-hybridized carbons (Fsp3) is 0.312. The molecule has 0 aliphatic carbocycles. The van der Waals surface area contributed by atoms with Gasteiger partial charge < -0.3 is 20.3 Å². The van der Waals surface area contributed by atoms with Gasteiger partial charge in [-0.05, 0) is 29.3 Å². The number of methoxy groups -OCH3 is 1. The molecular weight excluding hydrogens is 294 g/mol. The number of nitrogens with one attached hydrogen (secondary N) is 2. The van der Waals surface area contributed by atoms with Crippen molar-refractivity contribution in [3.05, 3.63) is 47.8 Å². The van der Waals surface area contributed by atoms with Gasteiger partial charge in [-0.3, -0.25) is 0 Å². The van der Waals surface area contributed by atoms with Gasteiger partial charge in [-0.15, -0.1) is 0 Å². The van der Waals surface area contributed by atoms with Gasteiger partial charge in [-0.2, -0.15) is 0 Å². The maximum atomic E-state index is 11.9. The van der Waals surface area contributed by atoms with E-state index in [1.807, 2.05) is 37.2 Å². The first-order valence-corrected chi connectivity index (χ1v) is 7.21. The number of pyridine rings is 2. The van der Waals surface area contributed by atoms with E-state index in [4.69, 9.17) is 4.74 Å². The number of aromatic nitrogens is 2. The first kappa shape index (κ1) is 16.5. The minimum atomic E-state index is -0.232. The normalized spacial score (nSPS) is 10.0. The van der Waals surface area contributed by atoms with E-state index in [-0.39, 0.29) is 6.03 Å². The number of urea groups is 1. The standard InChI is InChI=1S/C16H21N5O2/c1-21(2)14-8-12(4-6-17-14)10-19-16(22)20-11-13-5-7-18-15(9-13)23-3/h4-9H,10-11H2,1-3H3,(H2,19,20,22). The number of carbonyl (C=O) groups is 1. The van der Waals surface area contributed by atoms with Crippen LogP contribution in [0.15, 0.2) is 36.7 Å². The number of rotatable bonds is 6. The summed E-state index contributed by atoms with van der Waals surface area (Å²) >= 11 is 0. The van der Waals surface area contributed by atoms with Gasteiger partial charge in [0.2, 0.25) is 5.88 Å². The highest BCUT2D eigenvalue weighted by atomic mass is 16.5. The summed E-state index contributed by atoms with van der Waals surface area (Å²) in [7, 11) is 5.41. The van der Waals surface area contributed by atoms with Crippen LogP contribution < -0.4 is 20.3 Å². The minimum Gasteiger partial charge on any atom is -0.481 e. The fourth-order valence-electron chi connectivity index (χ4n) is 1.91. The van der Waals surface area contributed by atoms with Gasteiger partial charge in [0.05, 0.1) is 7.11 Å². The molecule has 0 aliphatic heterocycles. The monoisotopic (exact) mass is 315 g/mol. The van der Waals surface area contributed by atoms with Gasteiger partial charge >= 0.3 is 6.03 Å². The summed E-state index contributed by atoms with van der Waals surface area (Å²) in [6.07, 6.45) is 3.38. The van der Waals surface area contributed by atoms with Crippen molar-refractivity contribution in [2.75, 3.05) is 26.1 Å². The highest BCUT2D eigenvalue weighted by molar-refractivity contribution is 5.73. The third kappa shape index (κ3) is 5.14.